The topological polar surface area (TPSA) is 88.4 Å². The molecule has 0 aliphatic carbocycles. The summed E-state index contributed by atoms with van der Waals surface area (Å²) < 4.78 is 23.6. The molecule has 1 aliphatic rings. The van der Waals surface area contributed by atoms with Crippen LogP contribution in [0, 0.1) is 11.3 Å². The van der Waals surface area contributed by atoms with E-state index in [2.05, 4.69) is 11.4 Å². The van der Waals surface area contributed by atoms with Gasteiger partial charge in [0.15, 0.2) is 0 Å². The summed E-state index contributed by atoms with van der Waals surface area (Å²) in [6, 6.07) is 16.7. The number of benzene rings is 2. The third-order valence-electron chi connectivity index (χ3n) is 5.09. The molecular formula is C24H28N2O4S. The summed E-state index contributed by atoms with van der Waals surface area (Å²) in [5.74, 6) is 1.12. The molecule has 0 aromatic heterocycles. The number of nitrogens with one attached hydrogen (secondary N) is 1. The smallest absolute Gasteiger partial charge is 0.224 e. The van der Waals surface area contributed by atoms with Gasteiger partial charge in [-0.3, -0.25) is 9.00 Å². The summed E-state index contributed by atoms with van der Waals surface area (Å²) in [5.41, 5.74) is 2.27. The lowest BCUT2D eigenvalue weighted by molar-refractivity contribution is -0.116. The minimum Gasteiger partial charge on any atom is -0.494 e. The Balaban J connectivity index is 1.37. The third-order valence-corrected chi connectivity index (χ3v) is 6.92. The first-order chi connectivity index (χ1) is 15.1. The number of carbonyl (C=O) groups is 1. The molecule has 3 rings (SSSR count). The second kappa shape index (κ2) is 12.2. The van der Waals surface area contributed by atoms with E-state index in [1.165, 1.54) is 0 Å². The van der Waals surface area contributed by atoms with Crippen molar-refractivity contribution in [3.05, 3.63) is 59.7 Å². The third kappa shape index (κ3) is 7.82. The lowest BCUT2D eigenvalue weighted by Crippen LogP contribution is -2.25. The van der Waals surface area contributed by atoms with Crippen molar-refractivity contribution in [2.24, 2.45) is 0 Å². The van der Waals surface area contributed by atoms with E-state index in [1.54, 1.807) is 18.2 Å². The van der Waals surface area contributed by atoms with Gasteiger partial charge in [-0.05, 0) is 61.6 Å². The highest BCUT2D eigenvalue weighted by Crippen LogP contribution is 2.19. The molecule has 31 heavy (non-hydrogen) atoms. The molecule has 0 radical (unpaired) electrons. The first-order valence-corrected chi connectivity index (χ1v) is 12.0. The van der Waals surface area contributed by atoms with Crippen LogP contribution in [0.2, 0.25) is 0 Å². The molecule has 1 amide bonds. The fourth-order valence-electron chi connectivity index (χ4n) is 3.42. The molecule has 0 bridgehead atoms. The van der Waals surface area contributed by atoms with Crippen LogP contribution in [0.25, 0.3) is 0 Å². The highest BCUT2D eigenvalue weighted by molar-refractivity contribution is 7.84. The van der Waals surface area contributed by atoms with Gasteiger partial charge in [0.1, 0.15) is 5.75 Å². The van der Waals surface area contributed by atoms with Crippen LogP contribution in [0.15, 0.2) is 48.5 Å². The van der Waals surface area contributed by atoms with E-state index in [0.29, 0.717) is 49.7 Å². The highest BCUT2D eigenvalue weighted by Gasteiger charge is 2.20. The lowest BCUT2D eigenvalue weighted by atomic mass is 10.2. The van der Waals surface area contributed by atoms with Crippen LogP contribution < -0.4 is 10.1 Å². The van der Waals surface area contributed by atoms with Crippen LogP contribution in [0.1, 0.15) is 43.2 Å². The molecule has 6 nitrogen and oxygen atoms in total. The van der Waals surface area contributed by atoms with Gasteiger partial charge >= 0.3 is 0 Å². The molecule has 2 aromatic rings. The normalized spacial score (nSPS) is 15.1. The summed E-state index contributed by atoms with van der Waals surface area (Å²) in [6.45, 7) is 1.86. The number of hydrogen-bond acceptors (Lipinski definition) is 5. The van der Waals surface area contributed by atoms with Gasteiger partial charge in [0.05, 0.1) is 18.2 Å². The van der Waals surface area contributed by atoms with E-state index >= 15 is 0 Å². The number of rotatable bonds is 10. The van der Waals surface area contributed by atoms with Gasteiger partial charge in [0.2, 0.25) is 5.91 Å². The molecule has 1 saturated heterocycles. The lowest BCUT2D eigenvalue weighted by Gasteiger charge is -2.21. The molecule has 1 N–H and O–H groups in total. The summed E-state index contributed by atoms with van der Waals surface area (Å²) in [7, 11) is -0.928. The van der Waals surface area contributed by atoms with E-state index in [9.17, 15) is 9.00 Å². The zero-order valence-corrected chi connectivity index (χ0v) is 18.4. The van der Waals surface area contributed by atoms with E-state index in [0.717, 1.165) is 30.5 Å². The van der Waals surface area contributed by atoms with Crippen LogP contribution in [-0.2, 0) is 26.1 Å². The zero-order chi connectivity index (χ0) is 21.9. The predicted molar refractivity (Wildman–Crippen MR) is 121 cm³/mol. The summed E-state index contributed by atoms with van der Waals surface area (Å²) >= 11 is 0. The maximum Gasteiger partial charge on any atom is 0.224 e. The molecule has 1 atom stereocenters. The average molecular weight is 441 g/mol. The van der Waals surface area contributed by atoms with Gasteiger partial charge in [-0.2, -0.15) is 5.26 Å². The quantitative estimate of drug-likeness (QED) is 0.560. The fourth-order valence-corrected chi connectivity index (χ4v) is 4.88. The van der Waals surface area contributed by atoms with Crippen molar-refractivity contribution in [3.63, 3.8) is 0 Å². The molecule has 7 heteroatoms. The number of hydrogen-bond donors (Lipinski definition) is 1. The van der Waals surface area contributed by atoms with Gasteiger partial charge in [-0.15, -0.1) is 0 Å². The monoisotopic (exact) mass is 440 g/mol. The minimum atomic E-state index is -0.928. The van der Waals surface area contributed by atoms with E-state index in [-0.39, 0.29) is 11.2 Å². The van der Waals surface area contributed by atoms with Gasteiger partial charge in [-0.25, -0.2) is 0 Å². The Morgan fingerprint density at radius 3 is 2.77 bits per heavy atom. The molecule has 1 heterocycles. The van der Waals surface area contributed by atoms with Gasteiger partial charge in [0.25, 0.3) is 0 Å². The first kappa shape index (κ1) is 23.0. The van der Waals surface area contributed by atoms with Gasteiger partial charge < -0.3 is 14.8 Å². The average Bonchev–Trinajstić information content (AvgIpc) is 2.80. The maximum atomic E-state index is 12.6. The number of unbranched alkanes of at least 4 members (excludes halogenated alkanes) is 1. The van der Waals surface area contributed by atoms with Crippen LogP contribution in [0.4, 0.5) is 5.69 Å². The second-order valence-corrected chi connectivity index (χ2v) is 9.25. The van der Waals surface area contributed by atoms with Gasteiger partial charge in [-0.1, -0.05) is 18.2 Å². The Hall–Kier alpha value is -2.69. The van der Waals surface area contributed by atoms with Crippen molar-refractivity contribution in [2.45, 2.75) is 43.1 Å². The van der Waals surface area contributed by atoms with E-state index in [4.69, 9.17) is 14.7 Å². The molecule has 1 aliphatic heterocycles. The number of amides is 1. The van der Waals surface area contributed by atoms with Gasteiger partial charge in [0, 0.05) is 47.1 Å². The second-order valence-electron chi connectivity index (χ2n) is 7.53. The Labute approximate surface area is 186 Å². The SMILES string of the molecule is N#Cc1cccc(OCCCCC(=O)Nc2cccc(CS(=O)C3CCOCC3)c2)c1. The Kier molecular flexibility index (Phi) is 9.07. The largest absolute Gasteiger partial charge is 0.494 e. The zero-order valence-electron chi connectivity index (χ0n) is 17.5. The number of ether oxygens (including phenoxy) is 2. The Morgan fingerprint density at radius 1 is 1.16 bits per heavy atom. The standard InChI is InChI=1S/C24H28N2O4S/c25-17-19-5-4-8-22(16-19)30-12-2-1-9-24(27)26-21-7-3-6-20(15-21)18-31(28)23-10-13-29-14-11-23/h3-8,15-16,23H,1-2,9-14,18H2,(H,26,27). The van der Waals surface area contributed by atoms with Crippen molar-refractivity contribution < 1.29 is 18.5 Å². The van der Waals surface area contributed by atoms with Crippen molar-refractivity contribution in [1.29, 1.82) is 5.26 Å². The Morgan fingerprint density at radius 2 is 1.97 bits per heavy atom. The summed E-state index contributed by atoms with van der Waals surface area (Å²) in [4.78, 5) is 12.2. The summed E-state index contributed by atoms with van der Waals surface area (Å²) in [5, 5.41) is 12.0. The molecule has 0 spiro atoms. The number of nitrogens with zero attached hydrogens (tertiary/aromatic N) is 1. The van der Waals surface area contributed by atoms with Crippen LogP contribution in [0.3, 0.4) is 0 Å². The van der Waals surface area contributed by atoms with Crippen molar-refractivity contribution in [3.8, 4) is 11.8 Å². The van der Waals surface area contributed by atoms with Crippen molar-refractivity contribution in [1.82, 2.24) is 0 Å². The number of carbonyl (C=O) groups excluding carboxylic acids is 1. The van der Waals surface area contributed by atoms with E-state index in [1.807, 2.05) is 30.3 Å². The van der Waals surface area contributed by atoms with E-state index < -0.39 is 10.8 Å². The molecule has 1 fully saturated rings. The highest BCUT2D eigenvalue weighted by atomic mass is 32.2. The molecule has 2 aromatic carbocycles. The molecule has 0 saturated carbocycles. The van der Waals surface area contributed by atoms with Crippen molar-refractivity contribution >= 4 is 22.4 Å². The minimum absolute atomic E-state index is 0.0471. The van der Waals surface area contributed by atoms with Crippen molar-refractivity contribution in [2.75, 3.05) is 25.1 Å². The predicted octanol–water partition coefficient (Wildman–Crippen LogP) is 4.17. The molecular weight excluding hydrogens is 412 g/mol. The Bertz CT molecular complexity index is 935. The molecule has 164 valence electrons. The van der Waals surface area contributed by atoms with Crippen LogP contribution >= 0.6 is 0 Å². The molecule has 1 unspecified atom stereocenters. The van der Waals surface area contributed by atoms with Crippen LogP contribution in [0.5, 0.6) is 5.75 Å². The fraction of sp³-hybridized carbons (Fsp3) is 0.417. The van der Waals surface area contributed by atoms with Crippen LogP contribution in [-0.4, -0.2) is 35.2 Å². The maximum absolute atomic E-state index is 12.6. The number of anilines is 1. The summed E-state index contributed by atoms with van der Waals surface area (Å²) in [6.07, 6.45) is 3.54. The number of nitriles is 1. The first-order valence-electron chi connectivity index (χ1n) is 10.6.